The zero-order valence-corrected chi connectivity index (χ0v) is 19.8. The van der Waals surface area contributed by atoms with Gasteiger partial charge >= 0.3 is 0 Å². The summed E-state index contributed by atoms with van der Waals surface area (Å²) in [6.07, 6.45) is 2.58. The number of hydrogen-bond acceptors (Lipinski definition) is 4. The van der Waals surface area contributed by atoms with E-state index >= 15 is 0 Å². The molecule has 0 aliphatic carbocycles. The largest absolute Gasteiger partial charge is 0.306 e. The van der Waals surface area contributed by atoms with Gasteiger partial charge in [0.05, 0.1) is 11.3 Å². The lowest BCUT2D eigenvalue weighted by Crippen LogP contribution is -2.35. The zero-order valence-electron chi connectivity index (χ0n) is 19.0. The van der Waals surface area contributed by atoms with Gasteiger partial charge in [-0.3, -0.25) is 9.69 Å². The van der Waals surface area contributed by atoms with E-state index in [1.807, 2.05) is 24.4 Å². The molecule has 0 saturated heterocycles. The molecule has 4 heterocycles. The standard InChI is InChI=1S/C26H26ClN5O/c1-16-5-4-11-28-25(16)32-17(2)13-20(18(32)3)14-31-12-10-23-22(15-31)26(33)30-24(29-23)19-6-8-21(27)9-7-19/h4-9,11,13H,10,12,14-15H2,1-3H3,(H,29,30,33). The molecule has 7 heteroatoms. The van der Waals surface area contributed by atoms with Crippen molar-refractivity contribution < 1.29 is 0 Å². The van der Waals surface area contributed by atoms with Gasteiger partial charge in [-0.2, -0.15) is 0 Å². The smallest absolute Gasteiger partial charge is 0.255 e. The fraction of sp³-hybridized carbons (Fsp3) is 0.269. The molecular formula is C26H26ClN5O. The molecule has 1 aromatic carbocycles. The third-order valence-corrected chi connectivity index (χ3v) is 6.64. The number of nitrogens with one attached hydrogen (secondary N) is 1. The van der Waals surface area contributed by atoms with E-state index in [2.05, 4.69) is 52.3 Å². The number of H-pyrrole nitrogens is 1. The second kappa shape index (κ2) is 8.61. The number of fused-ring (bicyclic) bond motifs is 1. The molecule has 0 atom stereocenters. The molecule has 0 amide bonds. The van der Waals surface area contributed by atoms with Crippen molar-refractivity contribution in [1.29, 1.82) is 0 Å². The van der Waals surface area contributed by atoms with E-state index in [9.17, 15) is 4.79 Å². The minimum absolute atomic E-state index is 0.0655. The van der Waals surface area contributed by atoms with Gasteiger partial charge in [-0.25, -0.2) is 9.97 Å². The maximum absolute atomic E-state index is 12.9. The number of halogens is 1. The first-order valence-corrected chi connectivity index (χ1v) is 11.5. The summed E-state index contributed by atoms with van der Waals surface area (Å²) in [6, 6.07) is 13.6. The van der Waals surface area contributed by atoms with Crippen LogP contribution in [0.15, 0.2) is 53.5 Å². The molecule has 6 nitrogen and oxygen atoms in total. The van der Waals surface area contributed by atoms with Crippen LogP contribution in [0.2, 0.25) is 5.02 Å². The Kier molecular flexibility index (Phi) is 5.64. The molecule has 33 heavy (non-hydrogen) atoms. The number of aromatic amines is 1. The van der Waals surface area contributed by atoms with E-state index in [0.717, 1.165) is 53.4 Å². The fourth-order valence-corrected chi connectivity index (χ4v) is 4.75. The van der Waals surface area contributed by atoms with Crippen molar-refractivity contribution in [1.82, 2.24) is 24.4 Å². The molecule has 168 valence electrons. The normalized spacial score (nSPS) is 13.8. The van der Waals surface area contributed by atoms with E-state index in [4.69, 9.17) is 16.6 Å². The predicted octanol–water partition coefficient (Wildman–Crippen LogP) is 4.76. The van der Waals surface area contributed by atoms with Gasteiger partial charge in [-0.05, 0) is 68.3 Å². The number of pyridine rings is 1. The average molecular weight is 460 g/mol. The van der Waals surface area contributed by atoms with E-state index in [1.165, 1.54) is 11.3 Å². The second-order valence-electron chi connectivity index (χ2n) is 8.68. The molecule has 0 spiro atoms. The van der Waals surface area contributed by atoms with E-state index in [0.29, 0.717) is 17.4 Å². The highest BCUT2D eigenvalue weighted by atomic mass is 35.5. The molecule has 4 aromatic rings. The first-order chi connectivity index (χ1) is 15.9. The molecule has 3 aromatic heterocycles. The lowest BCUT2D eigenvalue weighted by molar-refractivity contribution is 0.241. The lowest BCUT2D eigenvalue weighted by Gasteiger charge is -2.27. The SMILES string of the molecule is Cc1cccnc1-n1c(C)cc(CN2CCc3nc(-c4ccc(Cl)cc4)[nH]c(=O)c3C2)c1C. The number of rotatable bonds is 4. The van der Waals surface area contributed by atoms with Crippen molar-refractivity contribution in [3.05, 3.63) is 97.8 Å². The Bertz CT molecular complexity index is 1390. The lowest BCUT2D eigenvalue weighted by atomic mass is 10.1. The van der Waals surface area contributed by atoms with Crippen LogP contribution in [0.4, 0.5) is 0 Å². The van der Waals surface area contributed by atoms with Gasteiger partial charge in [0.1, 0.15) is 11.6 Å². The van der Waals surface area contributed by atoms with Gasteiger partial charge in [0.15, 0.2) is 0 Å². The molecular weight excluding hydrogens is 434 g/mol. The molecule has 0 unspecified atom stereocenters. The second-order valence-corrected chi connectivity index (χ2v) is 9.12. The van der Waals surface area contributed by atoms with Crippen LogP contribution in [0.25, 0.3) is 17.2 Å². The van der Waals surface area contributed by atoms with Gasteiger partial charge in [0.25, 0.3) is 5.56 Å². The van der Waals surface area contributed by atoms with Gasteiger partial charge in [-0.15, -0.1) is 0 Å². The monoisotopic (exact) mass is 459 g/mol. The summed E-state index contributed by atoms with van der Waals surface area (Å²) < 4.78 is 2.22. The molecule has 0 fully saturated rings. The Balaban J connectivity index is 1.39. The minimum atomic E-state index is -0.0655. The van der Waals surface area contributed by atoms with Gasteiger partial charge in [0, 0.05) is 54.2 Å². The Labute approximate surface area is 197 Å². The predicted molar refractivity (Wildman–Crippen MR) is 131 cm³/mol. The number of nitrogens with zero attached hydrogens (tertiary/aromatic N) is 4. The van der Waals surface area contributed by atoms with Crippen molar-refractivity contribution in [3.63, 3.8) is 0 Å². The summed E-state index contributed by atoms with van der Waals surface area (Å²) in [4.78, 5) is 27.5. The third kappa shape index (κ3) is 4.12. The molecule has 0 bridgehead atoms. The van der Waals surface area contributed by atoms with Crippen LogP contribution in [0, 0.1) is 20.8 Å². The maximum Gasteiger partial charge on any atom is 0.255 e. The van der Waals surface area contributed by atoms with Crippen LogP contribution >= 0.6 is 11.6 Å². The maximum atomic E-state index is 12.9. The van der Waals surface area contributed by atoms with Crippen LogP contribution in [-0.4, -0.2) is 31.0 Å². The average Bonchev–Trinajstić information content (AvgIpc) is 3.07. The zero-order chi connectivity index (χ0) is 23.1. The third-order valence-electron chi connectivity index (χ3n) is 6.39. The first-order valence-electron chi connectivity index (χ1n) is 11.1. The highest BCUT2D eigenvalue weighted by Gasteiger charge is 2.23. The highest BCUT2D eigenvalue weighted by Crippen LogP contribution is 2.25. The summed E-state index contributed by atoms with van der Waals surface area (Å²) in [5.41, 5.74) is 7.18. The first kappa shape index (κ1) is 21.6. The van der Waals surface area contributed by atoms with Gasteiger partial charge in [-0.1, -0.05) is 17.7 Å². The Morgan fingerprint density at radius 3 is 2.67 bits per heavy atom. The number of hydrogen-bond donors (Lipinski definition) is 1. The van der Waals surface area contributed by atoms with E-state index in [-0.39, 0.29) is 5.56 Å². The quantitative estimate of drug-likeness (QED) is 0.477. The Morgan fingerprint density at radius 2 is 1.91 bits per heavy atom. The van der Waals surface area contributed by atoms with Crippen molar-refractivity contribution in [2.75, 3.05) is 6.54 Å². The molecule has 1 aliphatic rings. The van der Waals surface area contributed by atoms with E-state index < -0.39 is 0 Å². The van der Waals surface area contributed by atoms with Crippen LogP contribution < -0.4 is 5.56 Å². The number of aryl methyl sites for hydroxylation is 2. The molecule has 1 aliphatic heterocycles. The van der Waals surface area contributed by atoms with E-state index in [1.54, 1.807) is 12.1 Å². The number of aromatic nitrogens is 4. The van der Waals surface area contributed by atoms with Crippen molar-refractivity contribution in [2.45, 2.75) is 40.3 Å². The molecule has 5 rings (SSSR count). The van der Waals surface area contributed by atoms with Crippen LogP contribution in [0.3, 0.4) is 0 Å². The molecule has 1 N–H and O–H groups in total. The van der Waals surface area contributed by atoms with Crippen molar-refractivity contribution in [3.8, 4) is 17.2 Å². The minimum Gasteiger partial charge on any atom is -0.306 e. The number of benzene rings is 1. The molecule has 0 saturated carbocycles. The van der Waals surface area contributed by atoms with Crippen LogP contribution in [0.1, 0.15) is 33.8 Å². The van der Waals surface area contributed by atoms with Gasteiger partial charge in [0.2, 0.25) is 0 Å². The summed E-state index contributed by atoms with van der Waals surface area (Å²) in [5.74, 6) is 1.57. The van der Waals surface area contributed by atoms with Crippen molar-refractivity contribution >= 4 is 11.6 Å². The summed E-state index contributed by atoms with van der Waals surface area (Å²) in [5, 5.41) is 0.660. The molecule has 0 radical (unpaired) electrons. The summed E-state index contributed by atoms with van der Waals surface area (Å²) >= 11 is 5.99. The Hall–Kier alpha value is -3.22. The Morgan fingerprint density at radius 1 is 1.12 bits per heavy atom. The van der Waals surface area contributed by atoms with Crippen LogP contribution in [-0.2, 0) is 19.5 Å². The highest BCUT2D eigenvalue weighted by molar-refractivity contribution is 6.30. The summed E-state index contributed by atoms with van der Waals surface area (Å²) in [7, 11) is 0. The fourth-order valence-electron chi connectivity index (χ4n) is 4.63. The van der Waals surface area contributed by atoms with Crippen molar-refractivity contribution in [2.24, 2.45) is 0 Å². The van der Waals surface area contributed by atoms with Crippen LogP contribution in [0.5, 0.6) is 0 Å². The van der Waals surface area contributed by atoms with Gasteiger partial charge < -0.3 is 9.55 Å². The topological polar surface area (TPSA) is 66.8 Å². The summed E-state index contributed by atoms with van der Waals surface area (Å²) in [6.45, 7) is 8.56.